The first-order valence-electron chi connectivity index (χ1n) is 9.00. The Morgan fingerprint density at radius 3 is 2.67 bits per heavy atom. The van der Waals surface area contributed by atoms with Crippen LogP contribution in [0.25, 0.3) is 27.4 Å². The summed E-state index contributed by atoms with van der Waals surface area (Å²) in [6, 6.07) is 10.7. The molecule has 0 amide bonds. The number of H-pyrrole nitrogens is 1. The Labute approximate surface area is 158 Å². The standard InChI is InChI=1S/C22H23N5/c1-13(2)21(17-8-14(3)9-19-18(17)12-24-26-19)22(23-4)15-6-7-20-16(10-15)11-25-27(20)5/h6-12H,1-5H3,(H,24,26)/b23-22-. The molecule has 0 unspecified atom stereocenters. The Morgan fingerprint density at radius 2 is 1.93 bits per heavy atom. The maximum Gasteiger partial charge on any atom is 0.0721 e. The largest absolute Gasteiger partial charge is 0.287 e. The number of aromatic amines is 1. The summed E-state index contributed by atoms with van der Waals surface area (Å²) in [6.07, 6.45) is 3.79. The lowest BCUT2D eigenvalue weighted by molar-refractivity contribution is 0.797. The van der Waals surface area contributed by atoms with E-state index in [4.69, 9.17) is 4.99 Å². The lowest BCUT2D eigenvalue weighted by atomic mass is 9.89. The second kappa shape index (κ2) is 6.50. The highest BCUT2D eigenvalue weighted by molar-refractivity contribution is 6.34. The highest BCUT2D eigenvalue weighted by atomic mass is 15.2. The fourth-order valence-corrected chi connectivity index (χ4v) is 3.73. The normalized spacial score (nSPS) is 12.1. The Kier molecular flexibility index (Phi) is 4.15. The minimum Gasteiger partial charge on any atom is -0.287 e. The van der Waals surface area contributed by atoms with Crippen molar-refractivity contribution >= 4 is 33.1 Å². The molecule has 0 bridgehead atoms. The van der Waals surface area contributed by atoms with E-state index in [0.717, 1.165) is 44.2 Å². The summed E-state index contributed by atoms with van der Waals surface area (Å²) in [5.74, 6) is 0. The average Bonchev–Trinajstić information content (AvgIpc) is 3.25. The lowest BCUT2D eigenvalue weighted by Gasteiger charge is -2.16. The molecular weight excluding hydrogens is 334 g/mol. The minimum atomic E-state index is 0.980. The van der Waals surface area contributed by atoms with Gasteiger partial charge in [-0.15, -0.1) is 0 Å². The van der Waals surface area contributed by atoms with Crippen molar-refractivity contribution < 1.29 is 0 Å². The number of hydrogen-bond acceptors (Lipinski definition) is 3. The quantitative estimate of drug-likeness (QED) is 0.542. The van der Waals surface area contributed by atoms with Crippen LogP contribution in [-0.2, 0) is 7.05 Å². The second-order valence-corrected chi connectivity index (χ2v) is 7.13. The molecule has 0 spiro atoms. The maximum absolute atomic E-state index is 4.69. The fraction of sp³-hybridized carbons (Fsp3) is 0.227. The molecule has 5 heteroatoms. The molecule has 4 aromatic rings. The number of aliphatic imine (C=N–C) groups is 1. The third kappa shape index (κ3) is 2.85. The van der Waals surface area contributed by atoms with Gasteiger partial charge in [-0.05, 0) is 50.1 Å². The van der Waals surface area contributed by atoms with Crippen molar-refractivity contribution in [3.05, 3.63) is 65.0 Å². The summed E-state index contributed by atoms with van der Waals surface area (Å²) in [5, 5.41) is 13.9. The molecule has 0 aliphatic rings. The van der Waals surface area contributed by atoms with Gasteiger partial charge in [0.2, 0.25) is 0 Å². The first kappa shape index (κ1) is 17.2. The maximum atomic E-state index is 4.69. The third-order valence-corrected chi connectivity index (χ3v) is 4.95. The van der Waals surface area contributed by atoms with E-state index in [2.05, 4.69) is 66.4 Å². The molecule has 0 saturated heterocycles. The molecule has 2 aromatic carbocycles. The zero-order chi connectivity index (χ0) is 19.1. The van der Waals surface area contributed by atoms with Crippen LogP contribution in [0.2, 0.25) is 0 Å². The van der Waals surface area contributed by atoms with E-state index in [-0.39, 0.29) is 0 Å². The SMILES string of the molecule is C/N=C(\C(=C(C)C)c1cc(C)cc2[nH]ncc12)c1ccc2c(cnn2C)c1. The molecule has 2 aromatic heterocycles. The van der Waals surface area contributed by atoms with Crippen LogP contribution < -0.4 is 0 Å². The van der Waals surface area contributed by atoms with Crippen LogP contribution in [-0.4, -0.2) is 32.7 Å². The molecule has 0 fully saturated rings. The molecule has 0 radical (unpaired) electrons. The third-order valence-electron chi connectivity index (χ3n) is 4.95. The summed E-state index contributed by atoms with van der Waals surface area (Å²) in [6.45, 7) is 6.38. The van der Waals surface area contributed by atoms with Gasteiger partial charge in [-0.1, -0.05) is 17.7 Å². The van der Waals surface area contributed by atoms with E-state index in [9.17, 15) is 0 Å². The number of allylic oxidation sites excluding steroid dienone is 2. The van der Waals surface area contributed by atoms with Crippen LogP contribution >= 0.6 is 0 Å². The van der Waals surface area contributed by atoms with Crippen LogP contribution in [0.4, 0.5) is 0 Å². The molecule has 0 aliphatic carbocycles. The van der Waals surface area contributed by atoms with E-state index in [1.807, 2.05) is 31.2 Å². The molecule has 27 heavy (non-hydrogen) atoms. The minimum absolute atomic E-state index is 0.980. The number of hydrogen-bond donors (Lipinski definition) is 1. The lowest BCUT2D eigenvalue weighted by Crippen LogP contribution is -2.07. The van der Waals surface area contributed by atoms with Gasteiger partial charge in [-0.2, -0.15) is 10.2 Å². The van der Waals surface area contributed by atoms with Crippen LogP contribution in [0.3, 0.4) is 0 Å². The van der Waals surface area contributed by atoms with Crippen molar-refractivity contribution in [3.63, 3.8) is 0 Å². The van der Waals surface area contributed by atoms with Crippen molar-refractivity contribution in [1.29, 1.82) is 0 Å². The summed E-state index contributed by atoms with van der Waals surface area (Å²) in [5.41, 5.74) is 8.94. The van der Waals surface area contributed by atoms with Gasteiger partial charge < -0.3 is 0 Å². The molecule has 0 aliphatic heterocycles. The van der Waals surface area contributed by atoms with Crippen LogP contribution in [0, 0.1) is 6.92 Å². The Bertz CT molecular complexity index is 1220. The smallest absolute Gasteiger partial charge is 0.0721 e. The van der Waals surface area contributed by atoms with Gasteiger partial charge >= 0.3 is 0 Å². The predicted octanol–water partition coefficient (Wildman–Crippen LogP) is 4.67. The first-order chi connectivity index (χ1) is 13.0. The molecule has 136 valence electrons. The van der Waals surface area contributed by atoms with E-state index >= 15 is 0 Å². The van der Waals surface area contributed by atoms with Crippen LogP contribution in [0.15, 0.2) is 53.3 Å². The fourth-order valence-electron chi connectivity index (χ4n) is 3.73. The van der Waals surface area contributed by atoms with Crippen LogP contribution in [0.5, 0.6) is 0 Å². The van der Waals surface area contributed by atoms with Crippen LogP contribution in [0.1, 0.15) is 30.5 Å². The van der Waals surface area contributed by atoms with E-state index in [1.54, 1.807) is 0 Å². The van der Waals surface area contributed by atoms with Gasteiger partial charge in [-0.25, -0.2) is 0 Å². The molecule has 2 heterocycles. The molecule has 0 saturated carbocycles. The van der Waals surface area contributed by atoms with E-state index < -0.39 is 0 Å². The van der Waals surface area contributed by atoms with Gasteiger partial charge in [0, 0.05) is 36.0 Å². The number of aryl methyl sites for hydroxylation is 2. The Balaban J connectivity index is 1.94. The summed E-state index contributed by atoms with van der Waals surface area (Å²) < 4.78 is 1.89. The summed E-state index contributed by atoms with van der Waals surface area (Å²) >= 11 is 0. The number of fused-ring (bicyclic) bond motifs is 2. The number of nitrogens with one attached hydrogen (secondary N) is 1. The molecule has 4 rings (SSSR count). The highest BCUT2D eigenvalue weighted by Gasteiger charge is 2.18. The molecule has 0 atom stereocenters. The van der Waals surface area contributed by atoms with Crippen molar-refractivity contribution in [2.24, 2.45) is 12.0 Å². The zero-order valence-electron chi connectivity index (χ0n) is 16.3. The van der Waals surface area contributed by atoms with Crippen molar-refractivity contribution in [3.8, 4) is 0 Å². The second-order valence-electron chi connectivity index (χ2n) is 7.13. The number of benzene rings is 2. The highest BCUT2D eigenvalue weighted by Crippen LogP contribution is 2.31. The Morgan fingerprint density at radius 1 is 1.11 bits per heavy atom. The summed E-state index contributed by atoms with van der Waals surface area (Å²) in [4.78, 5) is 4.69. The van der Waals surface area contributed by atoms with Gasteiger partial charge in [0.15, 0.2) is 0 Å². The van der Waals surface area contributed by atoms with Crippen molar-refractivity contribution in [2.45, 2.75) is 20.8 Å². The van der Waals surface area contributed by atoms with Gasteiger partial charge in [0.25, 0.3) is 0 Å². The molecule has 1 N–H and O–H groups in total. The average molecular weight is 357 g/mol. The van der Waals surface area contributed by atoms with Gasteiger partial charge in [0.05, 0.1) is 29.1 Å². The van der Waals surface area contributed by atoms with Gasteiger partial charge in [-0.3, -0.25) is 14.8 Å². The van der Waals surface area contributed by atoms with Gasteiger partial charge in [0.1, 0.15) is 0 Å². The van der Waals surface area contributed by atoms with Crippen molar-refractivity contribution in [1.82, 2.24) is 20.0 Å². The topological polar surface area (TPSA) is 58.9 Å². The summed E-state index contributed by atoms with van der Waals surface area (Å²) in [7, 11) is 3.81. The monoisotopic (exact) mass is 357 g/mol. The van der Waals surface area contributed by atoms with E-state index in [1.165, 1.54) is 11.1 Å². The first-order valence-corrected chi connectivity index (χ1v) is 9.00. The zero-order valence-corrected chi connectivity index (χ0v) is 16.3. The number of nitrogens with zero attached hydrogens (tertiary/aromatic N) is 4. The number of aromatic nitrogens is 4. The van der Waals surface area contributed by atoms with Crippen molar-refractivity contribution in [2.75, 3.05) is 7.05 Å². The predicted molar refractivity (Wildman–Crippen MR) is 112 cm³/mol. The number of rotatable bonds is 3. The Hall–Kier alpha value is -3.21. The molecular formula is C22H23N5. The van der Waals surface area contributed by atoms with E-state index in [0.29, 0.717) is 0 Å². The molecule has 5 nitrogen and oxygen atoms in total.